The van der Waals surface area contributed by atoms with Crippen molar-refractivity contribution in [2.45, 2.75) is 31.9 Å². The second-order valence-electron chi connectivity index (χ2n) is 6.62. The molecule has 2 atom stereocenters. The third-order valence-electron chi connectivity index (χ3n) is 4.98. The molecule has 2 bridgehead atoms. The molecular weight excluding hydrogens is 280 g/mol. The lowest BCUT2D eigenvalue weighted by Crippen LogP contribution is -2.57. The molecule has 3 saturated heterocycles. The van der Waals surface area contributed by atoms with Gasteiger partial charge in [-0.15, -0.1) is 0 Å². The predicted molar refractivity (Wildman–Crippen MR) is 82.4 cm³/mol. The Balaban J connectivity index is 1.47. The van der Waals surface area contributed by atoms with E-state index >= 15 is 0 Å². The van der Waals surface area contributed by atoms with Crippen LogP contribution in [0.25, 0.3) is 0 Å². The largest absolute Gasteiger partial charge is 0.486 e. The second-order valence-corrected chi connectivity index (χ2v) is 6.62. The fourth-order valence-electron chi connectivity index (χ4n) is 3.70. The molecule has 0 saturated carbocycles. The molecule has 1 aromatic rings. The van der Waals surface area contributed by atoms with Gasteiger partial charge in [0.1, 0.15) is 12.7 Å². The highest BCUT2D eigenvalue weighted by molar-refractivity contribution is 5.95. The number of ether oxygens (including phenoxy) is 2. The summed E-state index contributed by atoms with van der Waals surface area (Å²) in [5.41, 5.74) is 0.647. The van der Waals surface area contributed by atoms with E-state index in [9.17, 15) is 4.79 Å². The highest BCUT2D eigenvalue weighted by Gasteiger charge is 2.35. The minimum absolute atomic E-state index is 0.0104. The number of carbonyl (C=O) groups is 1. The summed E-state index contributed by atoms with van der Waals surface area (Å²) in [4.78, 5) is 15.0. The summed E-state index contributed by atoms with van der Waals surface area (Å²) in [6.45, 7) is 5.84. The average molecular weight is 302 g/mol. The summed E-state index contributed by atoms with van der Waals surface area (Å²) in [6, 6.07) is 5.72. The van der Waals surface area contributed by atoms with Gasteiger partial charge < -0.3 is 19.7 Å². The number of nitrogens with one attached hydrogen (secondary N) is 1. The van der Waals surface area contributed by atoms with Gasteiger partial charge in [0, 0.05) is 18.2 Å². The molecule has 0 aromatic heterocycles. The summed E-state index contributed by atoms with van der Waals surface area (Å²) in [6.07, 6.45) is 2.45. The zero-order chi connectivity index (χ0) is 15.1. The number of amides is 1. The average Bonchev–Trinajstić information content (AvgIpc) is 2.55. The third kappa shape index (κ3) is 2.54. The van der Waals surface area contributed by atoms with Gasteiger partial charge in [0.2, 0.25) is 0 Å². The second kappa shape index (κ2) is 5.47. The van der Waals surface area contributed by atoms with Gasteiger partial charge in [-0.25, -0.2) is 0 Å². The van der Waals surface area contributed by atoms with Gasteiger partial charge in [-0.05, 0) is 57.0 Å². The number of fused-ring (bicyclic) bond motifs is 4. The molecule has 4 aliphatic heterocycles. The van der Waals surface area contributed by atoms with E-state index < -0.39 is 0 Å². The lowest BCUT2D eigenvalue weighted by Gasteiger charge is -2.44. The molecule has 118 valence electrons. The molecule has 1 N–H and O–H groups in total. The summed E-state index contributed by atoms with van der Waals surface area (Å²) in [5, 5.41) is 3.21. The number of benzene rings is 1. The van der Waals surface area contributed by atoms with Gasteiger partial charge in [-0.1, -0.05) is 0 Å². The topological polar surface area (TPSA) is 50.8 Å². The molecule has 5 nitrogen and oxygen atoms in total. The molecule has 5 heteroatoms. The Morgan fingerprint density at radius 1 is 1.27 bits per heavy atom. The fraction of sp³-hybridized carbons (Fsp3) is 0.588. The number of piperidine rings is 3. The number of rotatable bonds is 2. The van der Waals surface area contributed by atoms with Crippen LogP contribution in [0.2, 0.25) is 0 Å². The van der Waals surface area contributed by atoms with Crippen molar-refractivity contribution in [2.24, 2.45) is 5.92 Å². The maximum absolute atomic E-state index is 12.5. The zero-order valence-corrected chi connectivity index (χ0v) is 12.9. The first-order valence-corrected chi connectivity index (χ1v) is 8.16. The molecule has 4 aliphatic rings. The van der Waals surface area contributed by atoms with Gasteiger partial charge >= 0.3 is 0 Å². The Bertz CT molecular complexity index is 581. The van der Waals surface area contributed by atoms with Crippen molar-refractivity contribution >= 4 is 5.91 Å². The van der Waals surface area contributed by atoms with Crippen LogP contribution < -0.4 is 14.8 Å². The van der Waals surface area contributed by atoms with Crippen molar-refractivity contribution in [3.63, 3.8) is 0 Å². The van der Waals surface area contributed by atoms with Crippen LogP contribution in [0.15, 0.2) is 18.2 Å². The van der Waals surface area contributed by atoms with Gasteiger partial charge in [0.05, 0.1) is 0 Å². The first-order chi connectivity index (χ1) is 10.7. The quantitative estimate of drug-likeness (QED) is 0.903. The Labute approximate surface area is 130 Å². The fourth-order valence-corrected chi connectivity index (χ4v) is 3.70. The Morgan fingerprint density at radius 3 is 2.82 bits per heavy atom. The first-order valence-electron chi connectivity index (χ1n) is 8.16. The summed E-state index contributed by atoms with van der Waals surface area (Å²) in [5.74, 6) is 2.01. The minimum atomic E-state index is -0.0104. The van der Waals surface area contributed by atoms with E-state index in [0.29, 0.717) is 23.8 Å². The molecular formula is C17H22N2O3. The van der Waals surface area contributed by atoms with Crippen LogP contribution in [0, 0.1) is 5.92 Å². The van der Waals surface area contributed by atoms with Crippen LogP contribution in [-0.4, -0.2) is 49.2 Å². The summed E-state index contributed by atoms with van der Waals surface area (Å²) in [7, 11) is 0. The molecule has 1 amide bonds. The Hall–Kier alpha value is -1.75. The first kappa shape index (κ1) is 13.9. The van der Waals surface area contributed by atoms with E-state index in [1.54, 1.807) is 6.07 Å². The van der Waals surface area contributed by atoms with E-state index in [2.05, 4.69) is 10.2 Å². The van der Waals surface area contributed by atoms with Crippen molar-refractivity contribution in [2.75, 3.05) is 26.2 Å². The van der Waals surface area contributed by atoms with Crippen molar-refractivity contribution in [1.82, 2.24) is 10.2 Å². The number of hydrogen-bond donors (Lipinski definition) is 1. The van der Waals surface area contributed by atoms with E-state index in [-0.39, 0.29) is 18.1 Å². The van der Waals surface area contributed by atoms with Crippen LogP contribution >= 0.6 is 0 Å². The number of hydrogen-bond acceptors (Lipinski definition) is 4. The van der Waals surface area contributed by atoms with E-state index in [0.717, 1.165) is 12.3 Å². The van der Waals surface area contributed by atoms with E-state index in [1.165, 1.54) is 25.9 Å². The molecule has 0 radical (unpaired) electrons. The zero-order valence-electron chi connectivity index (χ0n) is 12.9. The van der Waals surface area contributed by atoms with Crippen molar-refractivity contribution in [1.29, 1.82) is 0 Å². The van der Waals surface area contributed by atoms with Crippen molar-refractivity contribution < 1.29 is 14.3 Å². The van der Waals surface area contributed by atoms with Gasteiger partial charge in [-0.3, -0.25) is 4.79 Å². The number of nitrogens with zero attached hydrogens (tertiary/aromatic N) is 1. The molecule has 22 heavy (non-hydrogen) atoms. The van der Waals surface area contributed by atoms with Crippen LogP contribution in [-0.2, 0) is 0 Å². The Morgan fingerprint density at radius 2 is 2.09 bits per heavy atom. The standard InChI is InChI=1S/C17H22N2O3/c1-11-10-21-16-8-13(2-3-15(16)22-11)17(20)18-14-9-19-6-4-12(14)5-7-19/h2-3,8,11-12,14H,4-7,9-10H2,1H3,(H,18,20)/t11-,14+/m1/s1. The molecule has 4 heterocycles. The molecule has 0 aliphatic carbocycles. The maximum atomic E-state index is 12.5. The number of carbonyl (C=O) groups excluding carboxylic acids is 1. The third-order valence-corrected chi connectivity index (χ3v) is 4.98. The minimum Gasteiger partial charge on any atom is -0.486 e. The lowest BCUT2D eigenvalue weighted by atomic mass is 9.84. The van der Waals surface area contributed by atoms with Gasteiger partial charge in [0.25, 0.3) is 5.91 Å². The highest BCUT2D eigenvalue weighted by atomic mass is 16.6. The highest BCUT2D eigenvalue weighted by Crippen LogP contribution is 2.33. The van der Waals surface area contributed by atoms with E-state index in [4.69, 9.17) is 9.47 Å². The summed E-state index contributed by atoms with van der Waals surface area (Å²) >= 11 is 0. The smallest absolute Gasteiger partial charge is 0.251 e. The molecule has 0 spiro atoms. The van der Waals surface area contributed by atoms with Crippen LogP contribution in [0.1, 0.15) is 30.1 Å². The van der Waals surface area contributed by atoms with E-state index in [1.807, 2.05) is 19.1 Å². The monoisotopic (exact) mass is 302 g/mol. The SMILES string of the molecule is C[C@@H]1COc2cc(C(=O)N[C@H]3CN4CCC3CC4)ccc2O1. The van der Waals surface area contributed by atoms with Gasteiger partial charge in [-0.2, -0.15) is 0 Å². The molecule has 0 unspecified atom stereocenters. The Kier molecular flexibility index (Phi) is 3.45. The summed E-state index contributed by atoms with van der Waals surface area (Å²) < 4.78 is 11.3. The van der Waals surface area contributed by atoms with Crippen LogP contribution in [0.5, 0.6) is 11.5 Å². The molecule has 3 fully saturated rings. The van der Waals surface area contributed by atoms with Crippen molar-refractivity contribution in [3.05, 3.63) is 23.8 Å². The molecule has 5 rings (SSSR count). The van der Waals surface area contributed by atoms with Crippen LogP contribution in [0.3, 0.4) is 0 Å². The molecule has 1 aromatic carbocycles. The van der Waals surface area contributed by atoms with Crippen molar-refractivity contribution in [3.8, 4) is 11.5 Å². The lowest BCUT2D eigenvalue weighted by molar-refractivity contribution is 0.0619. The maximum Gasteiger partial charge on any atom is 0.251 e. The van der Waals surface area contributed by atoms with Crippen LogP contribution in [0.4, 0.5) is 0 Å². The van der Waals surface area contributed by atoms with Gasteiger partial charge in [0.15, 0.2) is 11.5 Å². The normalized spacial score (nSPS) is 32.6. The predicted octanol–water partition coefficient (Wildman–Crippen LogP) is 1.67.